The molecule has 1 fully saturated rings. The minimum absolute atomic E-state index is 0.0711. The summed E-state index contributed by atoms with van der Waals surface area (Å²) in [5, 5.41) is 23.6. The fraction of sp³-hybridized carbons (Fsp3) is 0.321. The third-order valence-electron chi connectivity index (χ3n) is 6.67. The summed E-state index contributed by atoms with van der Waals surface area (Å²) in [7, 11) is 2.70. The number of rotatable bonds is 11. The molecule has 0 aromatic heterocycles. The molecule has 4 rings (SSSR count). The molecule has 2 aliphatic rings. The number of hydrogen-bond acceptors (Lipinski definition) is 11. The number of fused-ring (bicyclic) bond motifs is 1. The normalized spacial score (nSPS) is 19.8. The molecule has 43 heavy (non-hydrogen) atoms. The molecule has 3 atom stereocenters. The van der Waals surface area contributed by atoms with Crippen molar-refractivity contribution in [3.8, 4) is 11.5 Å². The van der Waals surface area contributed by atoms with Crippen molar-refractivity contribution in [2.45, 2.75) is 30.7 Å². The number of carbonyl (C=O) groups excluding carboxylic acids is 4. The molecule has 4 N–H and O–H groups in total. The lowest BCUT2D eigenvalue weighted by Gasteiger charge is -2.55. The molecule has 2 aromatic rings. The van der Waals surface area contributed by atoms with Gasteiger partial charge in [-0.25, -0.2) is 9.59 Å². The molecule has 1 unspecified atom stereocenters. The highest BCUT2D eigenvalue weighted by Crippen LogP contribution is 2.46. The number of aliphatic carboxylic acids is 1. The average molecular weight is 616 g/mol. The van der Waals surface area contributed by atoms with Crippen LogP contribution in [0, 0.1) is 0 Å². The SMILES string of the molecule is COc1ccc(COC(=O)NC(C(=O)N[C@]2(OC)C(=O)N3C(C(=O)O)=C(COC(C)=O)CS[C@H]32)c2ccc(O)cc2)cc1. The van der Waals surface area contributed by atoms with Crippen molar-refractivity contribution < 1.29 is 53.1 Å². The largest absolute Gasteiger partial charge is 0.508 e. The van der Waals surface area contributed by atoms with Gasteiger partial charge in [0.15, 0.2) is 0 Å². The molecular formula is C28H29N3O11S. The van der Waals surface area contributed by atoms with E-state index in [-0.39, 0.29) is 41.5 Å². The number of nitrogens with one attached hydrogen (secondary N) is 2. The number of nitrogens with zero attached hydrogens (tertiary/aromatic N) is 1. The van der Waals surface area contributed by atoms with Gasteiger partial charge in [-0.2, -0.15) is 0 Å². The Bertz CT molecular complexity index is 1440. The highest BCUT2D eigenvalue weighted by Gasteiger charge is 2.67. The van der Waals surface area contributed by atoms with Gasteiger partial charge < -0.3 is 39.8 Å². The number of methoxy groups -OCH3 is 2. The highest BCUT2D eigenvalue weighted by molar-refractivity contribution is 8.00. The maximum Gasteiger partial charge on any atom is 0.408 e. The van der Waals surface area contributed by atoms with Gasteiger partial charge >= 0.3 is 18.0 Å². The lowest BCUT2D eigenvalue weighted by molar-refractivity contribution is -0.193. The van der Waals surface area contributed by atoms with E-state index in [1.165, 1.54) is 45.4 Å². The number of amides is 3. The van der Waals surface area contributed by atoms with Crippen LogP contribution in [0.1, 0.15) is 24.1 Å². The fourth-order valence-corrected chi connectivity index (χ4v) is 5.92. The number of β-lactam (4-membered cyclic amide) rings is 1. The smallest absolute Gasteiger partial charge is 0.408 e. The number of ether oxygens (including phenoxy) is 4. The third kappa shape index (κ3) is 6.52. The predicted octanol–water partition coefficient (Wildman–Crippen LogP) is 1.64. The molecule has 0 bridgehead atoms. The number of phenols is 1. The molecule has 0 aliphatic carbocycles. The number of carboxylic acid groups (broad SMARTS) is 1. The van der Waals surface area contributed by atoms with Crippen molar-refractivity contribution in [1.82, 2.24) is 15.5 Å². The number of benzene rings is 2. The third-order valence-corrected chi connectivity index (χ3v) is 8.05. The summed E-state index contributed by atoms with van der Waals surface area (Å²) in [5.74, 6) is -3.16. The molecule has 228 valence electrons. The monoisotopic (exact) mass is 615 g/mol. The molecule has 15 heteroatoms. The Kier molecular flexibility index (Phi) is 9.46. The number of aromatic hydroxyl groups is 1. The van der Waals surface area contributed by atoms with Crippen molar-refractivity contribution in [3.05, 3.63) is 70.9 Å². The number of phenolic OH excluding ortho intramolecular Hbond substituents is 1. The summed E-state index contributed by atoms with van der Waals surface area (Å²) in [6, 6.07) is 10.8. The first-order valence-electron chi connectivity index (χ1n) is 12.8. The van der Waals surface area contributed by atoms with Gasteiger partial charge in [-0.1, -0.05) is 24.3 Å². The number of carbonyl (C=O) groups is 5. The van der Waals surface area contributed by atoms with Gasteiger partial charge in [0.05, 0.1) is 7.11 Å². The van der Waals surface area contributed by atoms with Crippen LogP contribution in [-0.2, 0) is 40.0 Å². The number of alkyl carbamates (subject to hydrolysis) is 1. The van der Waals surface area contributed by atoms with E-state index in [9.17, 15) is 34.2 Å². The summed E-state index contributed by atoms with van der Waals surface area (Å²) in [6.07, 6.45) is -0.949. The molecule has 0 saturated carbocycles. The Morgan fingerprint density at radius 3 is 2.30 bits per heavy atom. The second-order valence-electron chi connectivity index (χ2n) is 9.40. The molecule has 3 amide bonds. The maximum absolute atomic E-state index is 13.6. The molecule has 0 radical (unpaired) electrons. The van der Waals surface area contributed by atoms with Gasteiger partial charge in [0, 0.05) is 25.4 Å². The average Bonchev–Trinajstić information content (AvgIpc) is 3.00. The summed E-state index contributed by atoms with van der Waals surface area (Å²) >= 11 is 1.10. The quantitative estimate of drug-likeness (QED) is 0.163. The minimum Gasteiger partial charge on any atom is -0.508 e. The van der Waals surface area contributed by atoms with E-state index in [2.05, 4.69) is 10.6 Å². The van der Waals surface area contributed by atoms with E-state index in [1.54, 1.807) is 24.3 Å². The predicted molar refractivity (Wildman–Crippen MR) is 149 cm³/mol. The zero-order valence-electron chi connectivity index (χ0n) is 23.3. The maximum atomic E-state index is 13.6. The second kappa shape index (κ2) is 13.0. The van der Waals surface area contributed by atoms with E-state index >= 15 is 0 Å². The molecule has 0 spiro atoms. The topological polar surface area (TPSA) is 190 Å². The van der Waals surface area contributed by atoms with Gasteiger partial charge in [-0.05, 0) is 35.4 Å². The Labute approximate surface area is 249 Å². The molecule has 14 nitrogen and oxygen atoms in total. The zero-order chi connectivity index (χ0) is 31.3. The van der Waals surface area contributed by atoms with Gasteiger partial charge in [-0.3, -0.25) is 19.3 Å². The van der Waals surface area contributed by atoms with Crippen LogP contribution in [0.5, 0.6) is 11.5 Å². The van der Waals surface area contributed by atoms with E-state index in [1.807, 2.05) is 0 Å². The second-order valence-corrected chi connectivity index (χ2v) is 10.5. The first kappa shape index (κ1) is 31.2. The van der Waals surface area contributed by atoms with Crippen LogP contribution in [0.15, 0.2) is 59.8 Å². The number of thioether (sulfide) groups is 1. The van der Waals surface area contributed by atoms with Crippen molar-refractivity contribution in [3.63, 3.8) is 0 Å². The first-order valence-corrected chi connectivity index (χ1v) is 13.8. The highest BCUT2D eigenvalue weighted by atomic mass is 32.2. The molecule has 2 heterocycles. The van der Waals surface area contributed by atoms with Crippen molar-refractivity contribution in [2.24, 2.45) is 0 Å². The Morgan fingerprint density at radius 2 is 1.72 bits per heavy atom. The van der Waals surface area contributed by atoms with Crippen LogP contribution in [0.25, 0.3) is 0 Å². The summed E-state index contributed by atoms with van der Waals surface area (Å²) in [5.41, 5.74) is -1.23. The lowest BCUT2D eigenvalue weighted by atomic mass is 9.97. The Balaban J connectivity index is 1.53. The standard InChI is InChI=1S/C28H29N3O11S/c1-15(32)41-13-18-14-43-26-28(40-3,25(37)31(26)22(18)24(35)36)30-23(34)21(17-6-8-19(33)9-7-17)29-27(38)42-12-16-4-10-20(39-2)11-5-16/h4-11,21,26,33H,12-14H2,1-3H3,(H,29,38)(H,30,34)(H,35,36)/t21?,26-,28-/m0/s1. The summed E-state index contributed by atoms with van der Waals surface area (Å²) in [6.45, 7) is 0.736. The lowest BCUT2D eigenvalue weighted by Crippen LogP contribution is -2.81. The number of carboxylic acids is 1. The van der Waals surface area contributed by atoms with Gasteiger partial charge in [0.2, 0.25) is 5.91 Å². The number of hydrogen-bond donors (Lipinski definition) is 4. The number of esters is 1. The van der Waals surface area contributed by atoms with Gasteiger partial charge in [0.25, 0.3) is 11.6 Å². The van der Waals surface area contributed by atoms with Crippen molar-refractivity contribution in [2.75, 3.05) is 26.6 Å². The van der Waals surface area contributed by atoms with Crippen LogP contribution in [0.2, 0.25) is 0 Å². The van der Waals surface area contributed by atoms with Crippen LogP contribution in [0.4, 0.5) is 4.79 Å². The van der Waals surface area contributed by atoms with Crippen LogP contribution in [0.3, 0.4) is 0 Å². The summed E-state index contributed by atoms with van der Waals surface area (Å²) in [4.78, 5) is 64.2. The van der Waals surface area contributed by atoms with E-state index in [0.29, 0.717) is 11.3 Å². The van der Waals surface area contributed by atoms with Crippen molar-refractivity contribution in [1.29, 1.82) is 0 Å². The minimum atomic E-state index is -1.97. The first-order chi connectivity index (χ1) is 20.5. The zero-order valence-corrected chi connectivity index (χ0v) is 24.1. The van der Waals surface area contributed by atoms with Gasteiger partial charge in [0.1, 0.15) is 41.8 Å². The van der Waals surface area contributed by atoms with Gasteiger partial charge in [-0.15, -0.1) is 11.8 Å². The van der Waals surface area contributed by atoms with Crippen LogP contribution < -0.4 is 15.4 Å². The Hall–Kier alpha value is -4.76. The Morgan fingerprint density at radius 1 is 1.05 bits per heavy atom. The fourth-order valence-electron chi connectivity index (χ4n) is 4.50. The summed E-state index contributed by atoms with van der Waals surface area (Å²) < 4.78 is 20.8. The molecule has 2 aliphatic heterocycles. The van der Waals surface area contributed by atoms with E-state index in [4.69, 9.17) is 18.9 Å². The van der Waals surface area contributed by atoms with Crippen LogP contribution in [-0.4, -0.2) is 82.6 Å². The molecular weight excluding hydrogens is 586 g/mol. The van der Waals surface area contributed by atoms with Crippen LogP contribution >= 0.6 is 11.8 Å². The van der Waals surface area contributed by atoms with E-state index < -0.39 is 47.0 Å². The van der Waals surface area contributed by atoms with E-state index in [0.717, 1.165) is 16.7 Å². The molecule has 2 aromatic carbocycles. The molecule has 1 saturated heterocycles. The van der Waals surface area contributed by atoms with Crippen molar-refractivity contribution >= 4 is 41.6 Å².